The van der Waals surface area contributed by atoms with Crippen molar-refractivity contribution in [3.8, 4) is 0 Å². The Morgan fingerprint density at radius 3 is 2.76 bits per heavy atom. The second kappa shape index (κ2) is 4.82. The molecule has 0 spiro atoms. The van der Waals surface area contributed by atoms with E-state index in [1.54, 1.807) is 6.07 Å². The van der Waals surface area contributed by atoms with Crippen molar-refractivity contribution >= 4 is 11.6 Å². The number of Topliss-reactive ketones (excluding diaryl/α,β-unsaturated/α-hetero) is 1. The fourth-order valence-electron chi connectivity index (χ4n) is 2.30. The molecule has 92 valence electrons. The monoisotopic (exact) mass is 236 g/mol. The van der Waals surface area contributed by atoms with Crippen molar-refractivity contribution in [2.45, 2.75) is 32.6 Å². The maximum Gasteiger partial charge on any atom is 0.157 e. The highest BCUT2D eigenvalue weighted by atomic mass is 19.1. The number of ketones is 1. The first-order chi connectivity index (χ1) is 8.10. The molecule has 0 atom stereocenters. The number of pyridine rings is 1. The molecule has 1 N–H and O–H groups in total. The van der Waals surface area contributed by atoms with Gasteiger partial charge in [0.25, 0.3) is 0 Å². The number of hydrogen-bond acceptors (Lipinski definition) is 3. The molecule has 3 nitrogen and oxygen atoms in total. The number of aromatic nitrogens is 1. The summed E-state index contributed by atoms with van der Waals surface area (Å²) in [5.41, 5.74) is -0.174. The van der Waals surface area contributed by atoms with Crippen molar-refractivity contribution in [1.29, 1.82) is 0 Å². The zero-order chi connectivity index (χ0) is 12.3. The zero-order valence-corrected chi connectivity index (χ0v) is 10.0. The number of nitrogens with zero attached hydrogens (tertiary/aromatic N) is 1. The van der Waals surface area contributed by atoms with Crippen molar-refractivity contribution in [3.63, 3.8) is 0 Å². The molecule has 1 saturated carbocycles. The Morgan fingerprint density at radius 2 is 2.18 bits per heavy atom. The molecule has 1 aliphatic rings. The number of rotatable bonds is 4. The van der Waals surface area contributed by atoms with Gasteiger partial charge in [-0.3, -0.25) is 4.79 Å². The minimum Gasteiger partial charge on any atom is -0.363 e. The van der Waals surface area contributed by atoms with Crippen LogP contribution in [-0.4, -0.2) is 17.3 Å². The third-order valence-electron chi connectivity index (χ3n) is 3.54. The van der Waals surface area contributed by atoms with Gasteiger partial charge in [-0.2, -0.15) is 0 Å². The van der Waals surface area contributed by atoms with Gasteiger partial charge in [-0.05, 0) is 25.0 Å². The summed E-state index contributed by atoms with van der Waals surface area (Å²) in [4.78, 5) is 15.9. The van der Waals surface area contributed by atoms with Crippen LogP contribution in [0.5, 0.6) is 0 Å². The minimum absolute atomic E-state index is 0.174. The zero-order valence-electron chi connectivity index (χ0n) is 10.0. The van der Waals surface area contributed by atoms with Gasteiger partial charge >= 0.3 is 0 Å². The van der Waals surface area contributed by atoms with Gasteiger partial charge < -0.3 is 5.32 Å². The van der Waals surface area contributed by atoms with E-state index in [0.29, 0.717) is 5.82 Å². The van der Waals surface area contributed by atoms with E-state index >= 15 is 0 Å². The third-order valence-corrected chi connectivity index (χ3v) is 3.54. The van der Waals surface area contributed by atoms with Gasteiger partial charge in [-0.15, -0.1) is 0 Å². The summed E-state index contributed by atoms with van der Waals surface area (Å²) in [6, 6.07) is 2.87. The van der Waals surface area contributed by atoms with Gasteiger partial charge in [0.15, 0.2) is 5.78 Å². The van der Waals surface area contributed by atoms with E-state index in [9.17, 15) is 9.18 Å². The number of nitrogens with one attached hydrogen (secondary N) is 1. The molecule has 0 radical (unpaired) electrons. The molecule has 1 aromatic heterocycles. The maximum absolute atomic E-state index is 12.6. The minimum atomic E-state index is -0.371. The number of halogens is 1. The maximum atomic E-state index is 12.6. The van der Waals surface area contributed by atoms with E-state index in [-0.39, 0.29) is 23.6 Å². The first-order valence-corrected chi connectivity index (χ1v) is 5.99. The van der Waals surface area contributed by atoms with Crippen LogP contribution in [-0.2, 0) is 4.79 Å². The highest BCUT2D eigenvalue weighted by Gasteiger charge is 2.35. The van der Waals surface area contributed by atoms with E-state index in [2.05, 4.69) is 10.3 Å². The Labute approximate surface area is 100 Å². The average Bonchev–Trinajstić information content (AvgIpc) is 2.76. The summed E-state index contributed by atoms with van der Waals surface area (Å²) in [5.74, 6) is 0.395. The van der Waals surface area contributed by atoms with Crippen LogP contribution in [0.3, 0.4) is 0 Å². The van der Waals surface area contributed by atoms with Crippen molar-refractivity contribution in [2.75, 3.05) is 11.9 Å². The summed E-state index contributed by atoms with van der Waals surface area (Å²) in [5, 5.41) is 2.95. The van der Waals surface area contributed by atoms with Gasteiger partial charge in [0.1, 0.15) is 11.6 Å². The lowest BCUT2D eigenvalue weighted by Crippen LogP contribution is -2.30. The number of carbonyl (C=O) groups excluding carboxylic acids is 1. The molecule has 0 saturated heterocycles. The Hall–Kier alpha value is -1.45. The molecule has 1 fully saturated rings. The predicted molar refractivity (Wildman–Crippen MR) is 64.3 cm³/mol. The molecule has 0 aliphatic heterocycles. The van der Waals surface area contributed by atoms with Crippen LogP contribution in [0.2, 0.25) is 0 Å². The van der Waals surface area contributed by atoms with E-state index in [1.165, 1.54) is 6.07 Å². The molecule has 0 unspecified atom stereocenters. The second-order valence-corrected chi connectivity index (χ2v) is 4.91. The molecule has 1 aliphatic carbocycles. The van der Waals surface area contributed by atoms with Crippen molar-refractivity contribution < 1.29 is 9.18 Å². The topological polar surface area (TPSA) is 42.0 Å². The number of hydrogen-bond donors (Lipinski definition) is 1. The molecule has 4 heteroatoms. The molecular weight excluding hydrogens is 219 g/mol. The lowest BCUT2D eigenvalue weighted by Gasteiger charge is -2.21. The van der Waals surface area contributed by atoms with Crippen LogP contribution < -0.4 is 5.32 Å². The largest absolute Gasteiger partial charge is 0.363 e. The standard InChI is InChI=1S/C13H17FN2O/c1-13(6-2-3-7-13)11(17)9-16-12-5-4-10(14)8-15-12/h4-5,8H,2-3,6-7,9H2,1H3,(H,15,16). The van der Waals surface area contributed by atoms with E-state index < -0.39 is 0 Å². The van der Waals surface area contributed by atoms with Crippen LogP contribution >= 0.6 is 0 Å². The Balaban J connectivity index is 1.89. The fraction of sp³-hybridized carbons (Fsp3) is 0.538. The summed E-state index contributed by atoms with van der Waals surface area (Å²) < 4.78 is 12.6. The number of carbonyl (C=O) groups is 1. The van der Waals surface area contributed by atoms with Crippen LogP contribution in [0.4, 0.5) is 10.2 Å². The van der Waals surface area contributed by atoms with Crippen molar-refractivity contribution in [1.82, 2.24) is 4.98 Å². The first-order valence-electron chi connectivity index (χ1n) is 5.99. The van der Waals surface area contributed by atoms with E-state index in [4.69, 9.17) is 0 Å². The third kappa shape index (κ3) is 2.81. The van der Waals surface area contributed by atoms with Gasteiger partial charge in [0.2, 0.25) is 0 Å². The highest BCUT2D eigenvalue weighted by Crippen LogP contribution is 2.38. The molecule has 2 rings (SSSR count). The average molecular weight is 236 g/mol. The van der Waals surface area contributed by atoms with Crippen molar-refractivity contribution in [3.05, 3.63) is 24.1 Å². The lowest BCUT2D eigenvalue weighted by molar-refractivity contribution is -0.125. The second-order valence-electron chi connectivity index (χ2n) is 4.91. The lowest BCUT2D eigenvalue weighted by atomic mass is 9.84. The Kier molecular flexibility index (Phi) is 3.41. The van der Waals surface area contributed by atoms with Gasteiger partial charge in [0.05, 0.1) is 12.7 Å². The molecule has 1 aromatic rings. The molecule has 17 heavy (non-hydrogen) atoms. The van der Waals surface area contributed by atoms with Gasteiger partial charge in [-0.1, -0.05) is 19.8 Å². The van der Waals surface area contributed by atoms with Gasteiger partial charge in [-0.25, -0.2) is 9.37 Å². The number of anilines is 1. The summed E-state index contributed by atoms with van der Waals surface area (Å²) in [6.45, 7) is 2.30. The molecular formula is C13H17FN2O. The normalized spacial score (nSPS) is 18.0. The SMILES string of the molecule is CC1(C(=O)CNc2ccc(F)cn2)CCCC1. The summed E-state index contributed by atoms with van der Waals surface area (Å²) in [6.07, 6.45) is 5.37. The highest BCUT2D eigenvalue weighted by molar-refractivity contribution is 5.88. The van der Waals surface area contributed by atoms with Crippen molar-refractivity contribution in [2.24, 2.45) is 5.41 Å². The Bertz CT molecular complexity index is 396. The molecule has 0 bridgehead atoms. The summed E-state index contributed by atoms with van der Waals surface area (Å²) >= 11 is 0. The quantitative estimate of drug-likeness (QED) is 0.874. The fourth-order valence-corrected chi connectivity index (χ4v) is 2.30. The Morgan fingerprint density at radius 1 is 1.47 bits per heavy atom. The van der Waals surface area contributed by atoms with E-state index in [1.807, 2.05) is 6.92 Å². The van der Waals surface area contributed by atoms with E-state index in [0.717, 1.165) is 31.9 Å². The van der Waals surface area contributed by atoms with Crippen LogP contribution in [0.25, 0.3) is 0 Å². The summed E-state index contributed by atoms with van der Waals surface area (Å²) in [7, 11) is 0. The first kappa shape index (κ1) is 12.0. The van der Waals surface area contributed by atoms with Crippen LogP contribution in [0.15, 0.2) is 18.3 Å². The van der Waals surface area contributed by atoms with Crippen LogP contribution in [0, 0.1) is 11.2 Å². The van der Waals surface area contributed by atoms with Crippen LogP contribution in [0.1, 0.15) is 32.6 Å². The molecule has 1 heterocycles. The molecule has 0 aromatic carbocycles. The van der Waals surface area contributed by atoms with Gasteiger partial charge in [0, 0.05) is 5.41 Å². The smallest absolute Gasteiger partial charge is 0.157 e. The molecule has 0 amide bonds. The predicted octanol–water partition coefficient (Wildman–Crippen LogP) is 2.78.